The van der Waals surface area contributed by atoms with E-state index in [0.29, 0.717) is 17.9 Å². The predicted octanol–water partition coefficient (Wildman–Crippen LogP) is 5.50. The van der Waals surface area contributed by atoms with E-state index in [1.807, 2.05) is 0 Å². The SMILES string of the molecule is C/C([13CH3])=C\[13CH2]C[C@]1([13CH3])[C@@H]([13CH2]O)[13CH2]C2=C[13CH2]CC(C)([13CH3])[C@@]21[13CH3]. The van der Waals surface area contributed by atoms with Crippen LogP contribution in [0.25, 0.3) is 0 Å². The van der Waals surface area contributed by atoms with E-state index in [0.717, 1.165) is 12.8 Å². The fraction of sp³-hybridized carbons (Fsp3) is 0.800. The molecule has 1 unspecified atom stereocenters. The van der Waals surface area contributed by atoms with Crippen molar-refractivity contribution in [1.82, 2.24) is 0 Å². The summed E-state index contributed by atoms with van der Waals surface area (Å²) in [6.07, 6.45) is 10.7. The molecule has 2 rings (SSSR count). The Morgan fingerprint density at radius 2 is 1.95 bits per heavy atom. The standard InChI is InChI=1S/C20H34O/c1-15(2)9-7-12-19(5)17(14-21)13-16-10-8-11-18(3,4)20(16,19)6/h9-10,17,21H,7-8,11-14H2,1-6H3/t17-,19-,20-/m1/s1/i1+1,3+1,5+1,6+1,7+1,8+1,13+1,14+1/b15-9-/t17-,18?,19-,20-. The second-order valence-electron chi connectivity index (χ2n) is 8.60. The molecule has 0 aliphatic heterocycles. The van der Waals surface area contributed by atoms with E-state index in [1.54, 1.807) is 5.57 Å². The molecule has 0 spiro atoms. The summed E-state index contributed by atoms with van der Waals surface area (Å²) in [5, 5.41) is 10.00. The molecule has 1 heteroatoms. The molecule has 2 aliphatic rings. The van der Waals surface area contributed by atoms with E-state index in [4.69, 9.17) is 0 Å². The van der Waals surface area contributed by atoms with Gasteiger partial charge in [0, 0.05) is 6.61 Å². The van der Waals surface area contributed by atoms with Crippen molar-refractivity contribution in [2.24, 2.45) is 22.2 Å². The van der Waals surface area contributed by atoms with Crippen LogP contribution >= 0.6 is 0 Å². The van der Waals surface area contributed by atoms with Crippen LogP contribution < -0.4 is 0 Å². The maximum Gasteiger partial charge on any atom is 0.0467 e. The van der Waals surface area contributed by atoms with E-state index >= 15 is 0 Å². The molecule has 1 N–H and O–H groups in total. The summed E-state index contributed by atoms with van der Waals surface area (Å²) in [5.41, 5.74) is 3.77. The minimum atomic E-state index is 0.198. The lowest BCUT2D eigenvalue weighted by atomic mass is 9.58. The number of rotatable bonds is 4. The minimum absolute atomic E-state index is 0.198. The molecule has 0 saturated heterocycles. The van der Waals surface area contributed by atoms with Gasteiger partial charge in [-0.1, -0.05) is 51.0 Å². The van der Waals surface area contributed by atoms with Crippen molar-refractivity contribution >= 4 is 0 Å². The van der Waals surface area contributed by atoms with Crippen molar-refractivity contribution in [2.45, 2.75) is 73.6 Å². The lowest BCUT2D eigenvalue weighted by molar-refractivity contribution is -0.0446. The van der Waals surface area contributed by atoms with Crippen LogP contribution in [0.15, 0.2) is 23.3 Å². The summed E-state index contributed by atoms with van der Waals surface area (Å²) in [6, 6.07) is 0. The second-order valence-corrected chi connectivity index (χ2v) is 8.60. The van der Waals surface area contributed by atoms with Gasteiger partial charge in [-0.15, -0.1) is 0 Å². The van der Waals surface area contributed by atoms with Crippen LogP contribution in [0.4, 0.5) is 0 Å². The second kappa shape index (κ2) is 5.57. The van der Waals surface area contributed by atoms with Crippen LogP contribution in [0.5, 0.6) is 0 Å². The Labute approximate surface area is 131 Å². The van der Waals surface area contributed by atoms with E-state index in [2.05, 4.69) is 53.7 Å². The molecular formula is C20H34O. The quantitative estimate of drug-likeness (QED) is 0.536. The van der Waals surface area contributed by atoms with Crippen molar-refractivity contribution in [1.29, 1.82) is 0 Å². The molecule has 0 radical (unpaired) electrons. The maximum absolute atomic E-state index is 10.00. The third-order valence-corrected chi connectivity index (χ3v) is 7.10. The average molecular weight is 298 g/mol. The van der Waals surface area contributed by atoms with Gasteiger partial charge in [0.05, 0.1) is 0 Å². The molecule has 0 bridgehead atoms. The molecule has 0 heterocycles. The fourth-order valence-corrected chi connectivity index (χ4v) is 5.20. The van der Waals surface area contributed by atoms with Gasteiger partial charge in [0.2, 0.25) is 0 Å². The normalized spacial score (nSPS) is 43.7. The molecule has 0 amide bonds. The van der Waals surface area contributed by atoms with Gasteiger partial charge in [-0.05, 0) is 68.1 Å². The number of aliphatic hydroxyl groups is 1. The number of hydrogen-bond donors (Lipinski definition) is 1. The molecule has 1 nitrogen and oxygen atoms in total. The number of aliphatic hydroxyl groups excluding tert-OH is 1. The third-order valence-electron chi connectivity index (χ3n) is 7.10. The highest BCUT2D eigenvalue weighted by Crippen LogP contribution is 2.70. The first kappa shape index (κ1) is 16.8. The minimum Gasteiger partial charge on any atom is -0.396 e. The third kappa shape index (κ3) is 2.42. The van der Waals surface area contributed by atoms with Crippen LogP contribution in [0.1, 0.15) is 73.6 Å². The lowest BCUT2D eigenvalue weighted by Gasteiger charge is -2.56. The van der Waals surface area contributed by atoms with Crippen molar-refractivity contribution < 1.29 is 5.11 Å². The molecule has 0 aromatic heterocycles. The zero-order valence-electron chi connectivity index (χ0n) is 14.9. The lowest BCUT2D eigenvalue weighted by Crippen LogP contribution is -2.49. The van der Waals surface area contributed by atoms with Crippen molar-refractivity contribution in [3.05, 3.63) is 23.3 Å². The Morgan fingerprint density at radius 3 is 2.52 bits per heavy atom. The molecule has 1 saturated carbocycles. The topological polar surface area (TPSA) is 20.2 Å². The zero-order valence-corrected chi connectivity index (χ0v) is 14.9. The van der Waals surface area contributed by atoms with E-state index in [-0.39, 0.29) is 10.8 Å². The monoisotopic (exact) mass is 298 g/mol. The maximum atomic E-state index is 10.00. The van der Waals surface area contributed by atoms with Crippen LogP contribution in [-0.4, -0.2) is 11.7 Å². The average Bonchev–Trinajstić information content (AvgIpc) is 2.61. The van der Waals surface area contributed by atoms with Crippen molar-refractivity contribution in [3.63, 3.8) is 0 Å². The van der Waals surface area contributed by atoms with Gasteiger partial charge in [0.15, 0.2) is 0 Å². The number of allylic oxidation sites excluding steroid dienone is 4. The Balaban J connectivity index is 2.41. The van der Waals surface area contributed by atoms with E-state index < -0.39 is 0 Å². The van der Waals surface area contributed by atoms with Gasteiger partial charge >= 0.3 is 0 Å². The van der Waals surface area contributed by atoms with Crippen LogP contribution in [-0.2, 0) is 0 Å². The first-order chi connectivity index (χ1) is 9.69. The number of fused-ring (bicyclic) bond motifs is 1. The summed E-state index contributed by atoms with van der Waals surface area (Å²) in [4.78, 5) is 0. The predicted molar refractivity (Wildman–Crippen MR) is 91.2 cm³/mol. The molecular weight excluding hydrogens is 264 g/mol. The largest absolute Gasteiger partial charge is 0.396 e. The molecule has 120 valence electrons. The summed E-state index contributed by atoms with van der Waals surface area (Å²) >= 11 is 0. The van der Waals surface area contributed by atoms with Gasteiger partial charge in [0.1, 0.15) is 0 Å². The molecule has 1 fully saturated rings. The van der Waals surface area contributed by atoms with Crippen molar-refractivity contribution in [3.8, 4) is 0 Å². The summed E-state index contributed by atoms with van der Waals surface area (Å²) in [7, 11) is 0. The molecule has 0 aromatic carbocycles. The number of hydrogen-bond acceptors (Lipinski definition) is 1. The smallest absolute Gasteiger partial charge is 0.0467 e. The Kier molecular flexibility index (Phi) is 4.46. The summed E-state index contributed by atoms with van der Waals surface area (Å²) in [6.45, 7) is 14.5. The van der Waals surface area contributed by atoms with Crippen LogP contribution in [0.3, 0.4) is 0 Å². The molecule has 21 heavy (non-hydrogen) atoms. The summed E-state index contributed by atoms with van der Waals surface area (Å²) in [5.74, 6) is 0.414. The van der Waals surface area contributed by atoms with Crippen LogP contribution in [0, 0.1) is 22.2 Å². The van der Waals surface area contributed by atoms with Gasteiger partial charge in [-0.2, -0.15) is 0 Å². The molecule has 0 aromatic rings. The van der Waals surface area contributed by atoms with Crippen LogP contribution in [0.2, 0.25) is 0 Å². The van der Waals surface area contributed by atoms with E-state index in [9.17, 15) is 5.11 Å². The van der Waals surface area contributed by atoms with E-state index in [1.165, 1.54) is 24.8 Å². The Morgan fingerprint density at radius 1 is 1.29 bits per heavy atom. The van der Waals surface area contributed by atoms with Gasteiger partial charge < -0.3 is 5.11 Å². The highest BCUT2D eigenvalue weighted by molar-refractivity contribution is 5.32. The Bertz CT molecular complexity index is 452. The summed E-state index contributed by atoms with van der Waals surface area (Å²) < 4.78 is 0. The highest BCUT2D eigenvalue weighted by atomic mass is 16.3. The molecule has 4 atom stereocenters. The van der Waals surface area contributed by atoms with Crippen molar-refractivity contribution in [2.75, 3.05) is 6.61 Å². The van der Waals surface area contributed by atoms with Gasteiger partial charge in [0.25, 0.3) is 0 Å². The first-order valence-electron chi connectivity index (χ1n) is 8.63. The zero-order chi connectivity index (χ0) is 15.9. The molecule has 2 aliphatic carbocycles. The Hall–Kier alpha value is -0.560. The van der Waals surface area contributed by atoms with Gasteiger partial charge in [-0.25, -0.2) is 0 Å². The van der Waals surface area contributed by atoms with Gasteiger partial charge in [-0.3, -0.25) is 0 Å². The fourth-order valence-electron chi connectivity index (χ4n) is 5.20. The highest BCUT2D eigenvalue weighted by Gasteiger charge is 2.62. The first-order valence-corrected chi connectivity index (χ1v) is 8.63.